The van der Waals surface area contributed by atoms with Crippen molar-refractivity contribution in [2.24, 2.45) is 40.9 Å². The third kappa shape index (κ3) is 17.8. The molecule has 3 heterocycles. The maximum absolute atomic E-state index is 14.6. The molecule has 1 saturated carbocycles. The number of aliphatic hydroxyl groups excluding tert-OH is 2. The van der Waals surface area contributed by atoms with Gasteiger partial charge in [-0.15, -0.1) is 0 Å². The van der Waals surface area contributed by atoms with Crippen LogP contribution < -0.4 is 0 Å². The van der Waals surface area contributed by atoms with E-state index in [1.165, 1.54) is 21.1 Å². The summed E-state index contributed by atoms with van der Waals surface area (Å²) in [6.07, 6.45) is 9.46. The van der Waals surface area contributed by atoms with Crippen LogP contribution in [0.2, 0.25) is 0 Å². The molecule has 3 aliphatic heterocycles. The summed E-state index contributed by atoms with van der Waals surface area (Å²) >= 11 is 3.02. The highest BCUT2D eigenvalue weighted by Crippen LogP contribution is 2.39. The molecule has 0 spiro atoms. The molecule has 16 atom stereocenters. The standard InChI is InChI=1S/C58H88BrNO17/c1-34-17-13-12-14-18-35(2)46(71-9)29-42-22-20-40(7)58(70,77-42)53(66)54(67)60-24-16-15-19-43(60)55(68)75-47(30-44(62)36(3)26-39(6)51(65)52(73-11)50(64)38(5)25-34)37(4)27-41-21-23-45(48(28-41)72-10)76-56(69)57(8,32-61)33-74-49(63)31-59/h12-14,17-18,26,34,37-43,45-48,51-52,61,65,70H,15-16,19-25,27-33H2,1-11H3/t34-,37-,38-,39?,40-,41+,42+,43+,45-,46+,47+,48-,51-,52+,57?,58-/m1/s1. The Morgan fingerprint density at radius 2 is 1.62 bits per heavy atom. The van der Waals surface area contributed by atoms with Crippen LogP contribution in [0, 0.1) is 40.9 Å². The number of rotatable bonds is 12. The van der Waals surface area contributed by atoms with E-state index in [4.69, 9.17) is 33.2 Å². The summed E-state index contributed by atoms with van der Waals surface area (Å²) in [6, 6.07) is -1.22. The number of ether oxygens (including phenoxy) is 7. The van der Waals surface area contributed by atoms with Crippen LogP contribution in [0.15, 0.2) is 47.6 Å². The van der Waals surface area contributed by atoms with E-state index in [-0.39, 0.29) is 60.9 Å². The molecule has 1 aliphatic carbocycles. The minimum Gasteiger partial charge on any atom is -0.464 e. The first kappa shape index (κ1) is 65.6. The molecular formula is C58H88BrNO17. The number of aliphatic hydroxyl groups is 3. The van der Waals surface area contributed by atoms with Gasteiger partial charge in [0.15, 0.2) is 11.6 Å². The van der Waals surface area contributed by atoms with Crippen molar-refractivity contribution in [3.8, 4) is 0 Å². The number of cyclic esters (lactones) is 1. The topological polar surface area (TPSA) is 248 Å². The molecule has 2 unspecified atom stereocenters. The van der Waals surface area contributed by atoms with E-state index in [1.54, 1.807) is 40.9 Å². The van der Waals surface area contributed by atoms with Crippen LogP contribution in [0.3, 0.4) is 0 Å². The van der Waals surface area contributed by atoms with Gasteiger partial charge in [-0.25, -0.2) is 4.79 Å². The molecule has 2 bridgehead atoms. The quantitative estimate of drug-likeness (QED) is 0.0799. The van der Waals surface area contributed by atoms with E-state index in [0.717, 1.165) is 10.5 Å². The first-order valence-corrected chi connectivity index (χ1v) is 28.5. The Kier molecular flexibility index (Phi) is 26.0. The predicted octanol–water partition coefficient (Wildman–Crippen LogP) is 6.67. The van der Waals surface area contributed by atoms with Gasteiger partial charge in [-0.3, -0.25) is 28.8 Å². The van der Waals surface area contributed by atoms with Gasteiger partial charge in [0.1, 0.15) is 41.7 Å². The molecule has 77 heavy (non-hydrogen) atoms. The van der Waals surface area contributed by atoms with Crippen LogP contribution in [-0.2, 0) is 66.7 Å². The van der Waals surface area contributed by atoms with Crippen molar-refractivity contribution >= 4 is 57.1 Å². The fraction of sp³-hybridized carbons (Fsp3) is 0.741. The molecule has 2 saturated heterocycles. The van der Waals surface area contributed by atoms with Crippen molar-refractivity contribution in [1.82, 2.24) is 4.90 Å². The van der Waals surface area contributed by atoms with Gasteiger partial charge in [0.05, 0.1) is 31.0 Å². The molecular weight excluding hydrogens is 1060 g/mol. The molecule has 1 amide bonds. The first-order chi connectivity index (χ1) is 36.4. The van der Waals surface area contributed by atoms with Gasteiger partial charge in [0.2, 0.25) is 5.79 Å². The summed E-state index contributed by atoms with van der Waals surface area (Å²) in [6.45, 7) is 12.9. The van der Waals surface area contributed by atoms with Crippen molar-refractivity contribution in [1.29, 1.82) is 0 Å². The van der Waals surface area contributed by atoms with Gasteiger partial charge in [-0.1, -0.05) is 87.0 Å². The average molecular weight is 1150 g/mol. The van der Waals surface area contributed by atoms with Crippen molar-refractivity contribution in [2.45, 2.75) is 187 Å². The number of carbonyl (C=O) groups excluding carboxylic acids is 7. The van der Waals surface area contributed by atoms with Crippen LogP contribution >= 0.6 is 15.9 Å². The smallest absolute Gasteiger partial charge is 0.329 e. The number of esters is 3. The van der Waals surface area contributed by atoms with Gasteiger partial charge in [0, 0.05) is 58.5 Å². The molecule has 4 aliphatic rings. The normalized spacial score (nSPS) is 34.5. The average Bonchev–Trinajstić information content (AvgIpc) is 3.41. The maximum atomic E-state index is 14.6. The summed E-state index contributed by atoms with van der Waals surface area (Å²) in [7, 11) is 4.42. The van der Waals surface area contributed by atoms with Crippen LogP contribution in [0.25, 0.3) is 0 Å². The fourth-order valence-corrected chi connectivity index (χ4v) is 11.1. The zero-order valence-electron chi connectivity index (χ0n) is 47.2. The van der Waals surface area contributed by atoms with Crippen LogP contribution in [0.5, 0.6) is 0 Å². The third-order valence-corrected chi connectivity index (χ3v) is 16.7. The summed E-state index contributed by atoms with van der Waals surface area (Å²) in [5.41, 5.74) is -0.407. The van der Waals surface area contributed by atoms with Gasteiger partial charge >= 0.3 is 17.9 Å². The lowest BCUT2D eigenvalue weighted by molar-refractivity contribution is -0.265. The molecule has 18 nitrogen and oxygen atoms in total. The Morgan fingerprint density at radius 3 is 2.27 bits per heavy atom. The lowest BCUT2D eigenvalue weighted by Gasteiger charge is -2.42. The number of allylic oxidation sites excluding steroid dienone is 6. The molecule has 0 aromatic rings. The largest absolute Gasteiger partial charge is 0.464 e. The number of piperidine rings is 1. The molecule has 0 aromatic carbocycles. The number of fused-ring (bicyclic) bond motifs is 3. The molecule has 3 N–H and O–H groups in total. The van der Waals surface area contributed by atoms with E-state index in [2.05, 4.69) is 15.9 Å². The first-order valence-electron chi connectivity index (χ1n) is 27.4. The minimum atomic E-state index is -2.48. The minimum absolute atomic E-state index is 0.0116. The third-order valence-electron chi connectivity index (χ3n) is 16.2. The second-order valence-electron chi connectivity index (χ2n) is 22.5. The number of methoxy groups -OCH3 is 3. The number of amides is 1. The van der Waals surface area contributed by atoms with E-state index < -0.39 is 126 Å². The van der Waals surface area contributed by atoms with Gasteiger partial charge < -0.3 is 53.4 Å². The van der Waals surface area contributed by atoms with Gasteiger partial charge in [0.25, 0.3) is 11.7 Å². The SMILES string of the molecule is CO[C@H]1C[C@@H]2CC[C@@H](C)[C@@](O)(O2)C(=O)C(=O)N2CCCC[C@H]2C(=O)O[C@H]([C@H](C)C[C@@H]2CC[C@@H](OC(=O)C(C)(CO)COC(=O)CBr)[C@H](OC)C2)CC(=O)C(C)=CC(C)[C@@H](O)[C@@H](OC)C(=O)[C@H](C)C[C@H](C)C=CC=CC=C1C. The molecule has 0 radical (unpaired) electrons. The lowest BCUT2D eigenvalue weighted by Crippen LogP contribution is -2.61. The zero-order valence-corrected chi connectivity index (χ0v) is 48.8. The van der Waals surface area contributed by atoms with E-state index in [9.17, 15) is 48.9 Å². The highest BCUT2D eigenvalue weighted by Gasteiger charge is 2.53. The summed E-state index contributed by atoms with van der Waals surface area (Å²) < 4.78 is 40.8. The molecule has 19 heteroatoms. The summed E-state index contributed by atoms with van der Waals surface area (Å²) in [5.74, 6) is -10.1. The van der Waals surface area contributed by atoms with Crippen molar-refractivity contribution < 1.29 is 82.0 Å². The Labute approximate surface area is 464 Å². The summed E-state index contributed by atoms with van der Waals surface area (Å²) in [4.78, 5) is 97.9. The molecule has 434 valence electrons. The molecule has 0 aromatic heterocycles. The number of ketones is 3. The Balaban J connectivity index is 1.68. The Morgan fingerprint density at radius 1 is 0.909 bits per heavy atom. The maximum Gasteiger partial charge on any atom is 0.329 e. The van der Waals surface area contributed by atoms with Crippen LogP contribution in [-0.4, -0.2) is 162 Å². The highest BCUT2D eigenvalue weighted by atomic mass is 79.9. The molecule has 3 fully saturated rings. The highest BCUT2D eigenvalue weighted by molar-refractivity contribution is 9.09. The van der Waals surface area contributed by atoms with Crippen molar-refractivity contribution in [3.63, 3.8) is 0 Å². The second-order valence-corrected chi connectivity index (χ2v) is 23.1. The van der Waals surface area contributed by atoms with Crippen LogP contribution in [0.1, 0.15) is 132 Å². The summed E-state index contributed by atoms with van der Waals surface area (Å²) in [5, 5.41) is 33.6. The number of carbonyl (C=O) groups is 7. The van der Waals surface area contributed by atoms with Gasteiger partial charge in [-0.2, -0.15) is 0 Å². The van der Waals surface area contributed by atoms with Crippen LogP contribution in [0.4, 0.5) is 0 Å². The van der Waals surface area contributed by atoms with Crippen molar-refractivity contribution in [3.05, 3.63) is 47.6 Å². The van der Waals surface area contributed by atoms with E-state index in [1.807, 2.05) is 51.2 Å². The van der Waals surface area contributed by atoms with E-state index in [0.29, 0.717) is 57.8 Å². The number of alkyl halides is 1. The molecule has 4 rings (SSSR count). The monoisotopic (exact) mass is 1150 g/mol. The predicted molar refractivity (Wildman–Crippen MR) is 289 cm³/mol. The number of hydrogen-bond donors (Lipinski definition) is 3. The van der Waals surface area contributed by atoms with Gasteiger partial charge in [-0.05, 0) is 114 Å². The Bertz CT molecular complexity index is 2160. The number of halogens is 1. The number of hydrogen-bond acceptors (Lipinski definition) is 17. The Hall–Kier alpha value is -3.95. The lowest BCUT2D eigenvalue weighted by atomic mass is 9.78. The second kappa shape index (κ2) is 30.6. The fourth-order valence-electron chi connectivity index (χ4n) is 11.0. The zero-order chi connectivity index (χ0) is 57.4. The number of nitrogens with zero attached hydrogens (tertiary/aromatic N) is 1. The van der Waals surface area contributed by atoms with E-state index >= 15 is 0 Å². The van der Waals surface area contributed by atoms with Crippen molar-refractivity contribution in [2.75, 3.05) is 46.4 Å². The number of Topliss-reactive ketones (excluding diaryl/α,β-unsaturated/α-hetero) is 3.